The molecule has 0 heterocycles. The maximum atomic E-state index is 11.2. The van der Waals surface area contributed by atoms with E-state index in [1.54, 1.807) is 0 Å². The predicted octanol–water partition coefficient (Wildman–Crippen LogP) is 4.92. The highest BCUT2D eigenvalue weighted by Crippen LogP contribution is 2.33. The van der Waals surface area contributed by atoms with Crippen molar-refractivity contribution >= 4 is 22.2 Å². The number of carbonyl (C=O) groups excluding carboxylic acids is 1. The summed E-state index contributed by atoms with van der Waals surface area (Å²) in [6.45, 7) is 4.24. The first-order chi connectivity index (χ1) is 9.13. The summed E-state index contributed by atoms with van der Waals surface area (Å²) in [7, 11) is 0. The van der Waals surface area contributed by atoms with E-state index in [-0.39, 0.29) is 6.10 Å². The summed E-state index contributed by atoms with van der Waals surface area (Å²) in [6, 6.07) is 3.83. The Balaban J connectivity index is 2.16. The van der Waals surface area contributed by atoms with Gasteiger partial charge in [-0.15, -0.1) is 0 Å². The highest BCUT2D eigenvalue weighted by Gasteiger charge is 2.23. The zero-order valence-corrected chi connectivity index (χ0v) is 13.2. The summed E-state index contributed by atoms with van der Waals surface area (Å²) in [4.78, 5) is 11.2. The molecule has 1 aliphatic rings. The van der Waals surface area contributed by atoms with Crippen LogP contribution in [-0.4, -0.2) is 12.4 Å². The number of halogens is 1. The Morgan fingerprint density at radius 1 is 1.42 bits per heavy atom. The number of benzene rings is 1. The maximum absolute atomic E-state index is 11.2. The fourth-order valence-electron chi connectivity index (χ4n) is 2.89. The quantitative estimate of drug-likeness (QED) is 0.735. The fourth-order valence-corrected chi connectivity index (χ4v) is 3.48. The van der Waals surface area contributed by atoms with E-state index in [0.29, 0.717) is 5.56 Å². The normalized spacial score (nSPS) is 23.1. The van der Waals surface area contributed by atoms with Crippen LogP contribution < -0.4 is 4.74 Å². The van der Waals surface area contributed by atoms with Crippen LogP contribution in [0.5, 0.6) is 5.75 Å². The first kappa shape index (κ1) is 14.6. The summed E-state index contributed by atoms with van der Waals surface area (Å²) in [5.41, 5.74) is 1.67. The molecule has 1 aromatic carbocycles. The zero-order valence-electron chi connectivity index (χ0n) is 11.6. The van der Waals surface area contributed by atoms with E-state index >= 15 is 0 Å². The number of hydrogen-bond donors (Lipinski definition) is 0. The van der Waals surface area contributed by atoms with E-state index in [9.17, 15) is 4.79 Å². The topological polar surface area (TPSA) is 26.3 Å². The Labute approximate surface area is 123 Å². The van der Waals surface area contributed by atoms with E-state index < -0.39 is 0 Å². The molecule has 1 saturated carbocycles. The Morgan fingerprint density at radius 2 is 2.21 bits per heavy atom. The summed E-state index contributed by atoms with van der Waals surface area (Å²) in [5.74, 6) is 1.54. The molecule has 0 amide bonds. The van der Waals surface area contributed by atoms with Crippen molar-refractivity contribution in [3.05, 3.63) is 27.7 Å². The van der Waals surface area contributed by atoms with Gasteiger partial charge in [0.05, 0.1) is 11.7 Å². The van der Waals surface area contributed by atoms with Crippen molar-refractivity contribution in [2.24, 2.45) is 5.92 Å². The molecule has 0 aliphatic heterocycles. The van der Waals surface area contributed by atoms with Crippen LogP contribution in [-0.2, 0) is 0 Å². The molecule has 2 unspecified atom stereocenters. The minimum absolute atomic E-state index is 0.261. The highest BCUT2D eigenvalue weighted by atomic mass is 79.9. The molecule has 2 atom stereocenters. The fraction of sp³-hybridized carbons (Fsp3) is 0.562. The van der Waals surface area contributed by atoms with Crippen LogP contribution >= 0.6 is 15.9 Å². The minimum atomic E-state index is 0.261. The standard InChI is InChI=1S/C16H21BrO2/c1-3-12-5-4-6-15(8-12)19-16-11(2)7-14(17)9-13(16)10-18/h7,9-10,12,15H,3-6,8H2,1-2H3. The van der Waals surface area contributed by atoms with Crippen LogP contribution in [0.25, 0.3) is 0 Å². The van der Waals surface area contributed by atoms with Crippen LogP contribution in [0.4, 0.5) is 0 Å². The molecule has 1 aromatic rings. The Bertz CT molecular complexity index is 456. The Morgan fingerprint density at radius 3 is 2.89 bits per heavy atom. The lowest BCUT2D eigenvalue weighted by Crippen LogP contribution is -2.25. The van der Waals surface area contributed by atoms with Crippen molar-refractivity contribution in [3.8, 4) is 5.75 Å². The summed E-state index contributed by atoms with van der Waals surface area (Å²) < 4.78 is 7.07. The van der Waals surface area contributed by atoms with Crippen LogP contribution in [0.3, 0.4) is 0 Å². The molecule has 19 heavy (non-hydrogen) atoms. The number of ether oxygens (including phenoxy) is 1. The molecule has 0 bridgehead atoms. The third-order valence-electron chi connectivity index (χ3n) is 3.99. The van der Waals surface area contributed by atoms with Gasteiger partial charge in [-0.25, -0.2) is 0 Å². The SMILES string of the molecule is CCC1CCCC(Oc2c(C)cc(Br)cc2C=O)C1. The number of carbonyl (C=O) groups is 1. The molecule has 0 N–H and O–H groups in total. The van der Waals surface area contributed by atoms with Gasteiger partial charge in [-0.2, -0.15) is 0 Å². The summed E-state index contributed by atoms with van der Waals surface area (Å²) >= 11 is 3.42. The molecule has 0 aromatic heterocycles. The van der Waals surface area contributed by atoms with Gasteiger partial charge in [-0.05, 0) is 49.8 Å². The second kappa shape index (κ2) is 6.56. The van der Waals surface area contributed by atoms with Crippen molar-refractivity contribution in [2.75, 3.05) is 0 Å². The van der Waals surface area contributed by atoms with Crippen LogP contribution in [0, 0.1) is 12.8 Å². The lowest BCUT2D eigenvalue weighted by atomic mass is 9.85. The van der Waals surface area contributed by atoms with Gasteiger partial charge in [0.25, 0.3) is 0 Å². The Kier molecular flexibility index (Phi) is 5.03. The molecule has 2 rings (SSSR count). The largest absolute Gasteiger partial charge is 0.489 e. The van der Waals surface area contributed by atoms with Gasteiger partial charge in [-0.1, -0.05) is 35.7 Å². The van der Waals surface area contributed by atoms with E-state index in [4.69, 9.17) is 4.74 Å². The lowest BCUT2D eigenvalue weighted by molar-refractivity contribution is 0.108. The summed E-state index contributed by atoms with van der Waals surface area (Å²) in [5, 5.41) is 0. The third kappa shape index (κ3) is 3.59. The molecule has 3 heteroatoms. The molecule has 0 radical (unpaired) electrons. The van der Waals surface area contributed by atoms with E-state index in [1.165, 1.54) is 19.3 Å². The molecular weight excluding hydrogens is 304 g/mol. The van der Waals surface area contributed by atoms with E-state index in [1.807, 2.05) is 19.1 Å². The van der Waals surface area contributed by atoms with Gasteiger partial charge in [-0.3, -0.25) is 4.79 Å². The smallest absolute Gasteiger partial charge is 0.153 e. The second-order valence-corrected chi connectivity index (χ2v) is 6.36. The van der Waals surface area contributed by atoms with Crippen molar-refractivity contribution in [3.63, 3.8) is 0 Å². The Hall–Kier alpha value is -0.830. The van der Waals surface area contributed by atoms with Gasteiger partial charge in [0.15, 0.2) is 6.29 Å². The molecule has 0 saturated heterocycles. The van der Waals surface area contributed by atoms with Crippen molar-refractivity contribution in [1.29, 1.82) is 0 Å². The molecular formula is C16H21BrO2. The van der Waals surface area contributed by atoms with E-state index in [2.05, 4.69) is 22.9 Å². The first-order valence-electron chi connectivity index (χ1n) is 7.06. The number of rotatable bonds is 4. The molecule has 104 valence electrons. The van der Waals surface area contributed by atoms with E-state index in [0.717, 1.165) is 40.8 Å². The monoisotopic (exact) mass is 324 g/mol. The first-order valence-corrected chi connectivity index (χ1v) is 7.85. The van der Waals surface area contributed by atoms with Crippen molar-refractivity contribution in [1.82, 2.24) is 0 Å². The average molecular weight is 325 g/mol. The predicted molar refractivity (Wildman–Crippen MR) is 80.9 cm³/mol. The third-order valence-corrected chi connectivity index (χ3v) is 4.45. The van der Waals surface area contributed by atoms with Crippen LogP contribution in [0.15, 0.2) is 16.6 Å². The van der Waals surface area contributed by atoms with Gasteiger partial charge in [0.1, 0.15) is 5.75 Å². The zero-order chi connectivity index (χ0) is 13.8. The average Bonchev–Trinajstić information content (AvgIpc) is 2.41. The number of aryl methyl sites for hydroxylation is 1. The van der Waals surface area contributed by atoms with Crippen LogP contribution in [0.2, 0.25) is 0 Å². The van der Waals surface area contributed by atoms with Gasteiger partial charge >= 0.3 is 0 Å². The minimum Gasteiger partial charge on any atom is -0.489 e. The number of aldehydes is 1. The van der Waals surface area contributed by atoms with Crippen LogP contribution in [0.1, 0.15) is 54.9 Å². The maximum Gasteiger partial charge on any atom is 0.153 e. The molecule has 1 fully saturated rings. The lowest BCUT2D eigenvalue weighted by Gasteiger charge is -2.30. The van der Waals surface area contributed by atoms with Crippen molar-refractivity contribution < 1.29 is 9.53 Å². The van der Waals surface area contributed by atoms with Crippen molar-refractivity contribution in [2.45, 2.75) is 52.1 Å². The number of hydrogen-bond acceptors (Lipinski definition) is 2. The van der Waals surface area contributed by atoms with Gasteiger partial charge in [0.2, 0.25) is 0 Å². The van der Waals surface area contributed by atoms with Gasteiger partial charge in [0, 0.05) is 4.47 Å². The second-order valence-electron chi connectivity index (χ2n) is 5.44. The summed E-state index contributed by atoms with van der Waals surface area (Å²) in [6.07, 6.45) is 7.13. The molecule has 1 aliphatic carbocycles. The molecule has 2 nitrogen and oxygen atoms in total. The highest BCUT2D eigenvalue weighted by molar-refractivity contribution is 9.10. The molecule has 0 spiro atoms. The van der Waals surface area contributed by atoms with Gasteiger partial charge < -0.3 is 4.74 Å².